The van der Waals surface area contributed by atoms with Gasteiger partial charge in [-0.3, -0.25) is 14.5 Å². The summed E-state index contributed by atoms with van der Waals surface area (Å²) in [5, 5.41) is 4.49. The maximum Gasteiger partial charge on any atom is 0.262 e. The summed E-state index contributed by atoms with van der Waals surface area (Å²) in [5.41, 5.74) is 0.375. The second kappa shape index (κ2) is 9.30. The van der Waals surface area contributed by atoms with Crippen LogP contribution in [-0.2, 0) is 24.8 Å². The molecule has 2 aliphatic heterocycles. The largest absolute Gasteiger partial charge is 0.326 e. The van der Waals surface area contributed by atoms with Crippen LogP contribution in [0.4, 0.5) is 5.69 Å². The quantitative estimate of drug-likeness (QED) is 0.635. The molecular weight excluding hydrogens is 472 g/mol. The highest BCUT2D eigenvalue weighted by Gasteiger charge is 2.32. The van der Waals surface area contributed by atoms with Crippen LogP contribution >= 0.6 is 11.3 Å². The van der Waals surface area contributed by atoms with Crippen molar-refractivity contribution in [2.24, 2.45) is 10.9 Å². The molecule has 0 spiro atoms. The van der Waals surface area contributed by atoms with Crippen LogP contribution in [0.2, 0.25) is 0 Å². The topological polar surface area (TPSA) is 125 Å². The molecule has 1 aromatic carbocycles. The number of carbonyl (C=O) groups is 1. The molecule has 3 heterocycles. The third kappa shape index (κ3) is 5.03. The lowest BCUT2D eigenvalue weighted by Gasteiger charge is -2.30. The fourth-order valence-corrected chi connectivity index (χ4v) is 7.47. The van der Waals surface area contributed by atoms with Gasteiger partial charge < -0.3 is 5.32 Å². The van der Waals surface area contributed by atoms with Gasteiger partial charge in [-0.1, -0.05) is 12.1 Å². The van der Waals surface area contributed by atoms with Gasteiger partial charge in [-0.25, -0.2) is 16.8 Å². The molecule has 0 atom stereocenters. The molecule has 0 radical (unpaired) electrons. The van der Waals surface area contributed by atoms with E-state index in [1.165, 1.54) is 27.8 Å². The van der Waals surface area contributed by atoms with E-state index >= 15 is 0 Å². The number of aliphatic imine (C=N–C) groups is 1. The number of rotatable bonds is 6. The van der Waals surface area contributed by atoms with Gasteiger partial charge in [0.2, 0.25) is 5.91 Å². The van der Waals surface area contributed by atoms with Crippen molar-refractivity contribution in [2.45, 2.75) is 34.8 Å². The van der Waals surface area contributed by atoms with Gasteiger partial charge in [-0.05, 0) is 48.9 Å². The fourth-order valence-electron chi connectivity index (χ4n) is 3.72. The second-order valence-corrected chi connectivity index (χ2v) is 12.5. The number of carbonyl (C=O) groups excluding carboxylic acids is 1. The van der Waals surface area contributed by atoms with Crippen molar-refractivity contribution in [1.82, 2.24) is 9.03 Å². The Labute approximate surface area is 191 Å². The third-order valence-electron chi connectivity index (χ3n) is 5.45. The lowest BCUT2D eigenvalue weighted by molar-refractivity contribution is -0.120. The average molecular weight is 497 g/mol. The van der Waals surface area contributed by atoms with Crippen LogP contribution in [0.3, 0.4) is 0 Å². The minimum absolute atomic E-state index is 0.0433. The predicted octanol–water partition coefficient (Wildman–Crippen LogP) is 2.26. The Kier molecular flexibility index (Phi) is 6.65. The number of anilines is 1. The summed E-state index contributed by atoms with van der Waals surface area (Å²) >= 11 is 1.17. The maximum atomic E-state index is 12.7. The van der Waals surface area contributed by atoms with E-state index in [1.54, 1.807) is 29.6 Å². The third-order valence-corrected chi connectivity index (χ3v) is 10.1. The van der Waals surface area contributed by atoms with E-state index in [0.717, 1.165) is 6.42 Å². The summed E-state index contributed by atoms with van der Waals surface area (Å²) in [5.74, 6) is -0.152. The van der Waals surface area contributed by atoms with Crippen LogP contribution in [0.1, 0.15) is 25.7 Å². The van der Waals surface area contributed by atoms with Crippen LogP contribution in [0.25, 0.3) is 0 Å². The first-order chi connectivity index (χ1) is 15.3. The first-order valence-corrected chi connectivity index (χ1v) is 14.1. The van der Waals surface area contributed by atoms with Gasteiger partial charge in [-0.15, -0.1) is 11.3 Å². The summed E-state index contributed by atoms with van der Waals surface area (Å²) in [6, 6.07) is 9.33. The summed E-state index contributed by atoms with van der Waals surface area (Å²) < 4.78 is 54.7. The van der Waals surface area contributed by atoms with E-state index in [0.29, 0.717) is 41.5 Å². The summed E-state index contributed by atoms with van der Waals surface area (Å²) in [4.78, 5) is 16.9. The van der Waals surface area contributed by atoms with Crippen molar-refractivity contribution in [3.8, 4) is 0 Å². The zero-order chi connectivity index (χ0) is 22.8. The van der Waals surface area contributed by atoms with Gasteiger partial charge in [0.15, 0.2) is 0 Å². The van der Waals surface area contributed by atoms with Gasteiger partial charge in [0.05, 0.1) is 4.90 Å². The molecule has 2 aliphatic rings. The molecule has 2 aromatic rings. The van der Waals surface area contributed by atoms with Crippen LogP contribution < -0.4 is 10.0 Å². The normalized spacial score (nSPS) is 18.3. The second-order valence-electron chi connectivity index (χ2n) is 7.66. The van der Waals surface area contributed by atoms with E-state index in [-0.39, 0.29) is 29.8 Å². The highest BCUT2D eigenvalue weighted by atomic mass is 32.2. The van der Waals surface area contributed by atoms with E-state index < -0.39 is 20.0 Å². The molecule has 0 unspecified atom stereocenters. The van der Waals surface area contributed by atoms with Crippen molar-refractivity contribution < 1.29 is 21.6 Å². The molecule has 12 heteroatoms. The van der Waals surface area contributed by atoms with E-state index in [1.807, 2.05) is 0 Å². The van der Waals surface area contributed by atoms with E-state index in [4.69, 9.17) is 0 Å². The molecule has 0 bridgehead atoms. The van der Waals surface area contributed by atoms with E-state index in [2.05, 4.69) is 15.0 Å². The SMILES string of the molecule is O=C(Nc1cccc(S(=O)(=O)NC2=NCCC2)c1)C1CCN(S(=O)(=O)c2cccs2)CC1. The van der Waals surface area contributed by atoms with Crippen molar-refractivity contribution in [1.29, 1.82) is 0 Å². The van der Waals surface area contributed by atoms with Crippen LogP contribution in [0.15, 0.2) is 55.9 Å². The Balaban J connectivity index is 1.37. The van der Waals surface area contributed by atoms with Crippen molar-refractivity contribution >= 4 is 48.8 Å². The monoisotopic (exact) mass is 496 g/mol. The summed E-state index contributed by atoms with van der Waals surface area (Å²) in [7, 11) is -7.30. The number of nitrogens with one attached hydrogen (secondary N) is 2. The highest BCUT2D eigenvalue weighted by Crippen LogP contribution is 2.27. The molecule has 4 rings (SSSR count). The van der Waals surface area contributed by atoms with Gasteiger partial charge in [-0.2, -0.15) is 4.31 Å². The number of amides is 1. The smallest absolute Gasteiger partial charge is 0.262 e. The fraction of sp³-hybridized carbons (Fsp3) is 0.400. The van der Waals surface area contributed by atoms with Gasteiger partial charge in [0.1, 0.15) is 10.0 Å². The van der Waals surface area contributed by atoms with Crippen LogP contribution in [-0.4, -0.2) is 52.5 Å². The van der Waals surface area contributed by atoms with Gasteiger partial charge in [0.25, 0.3) is 20.0 Å². The molecule has 1 aromatic heterocycles. The first-order valence-electron chi connectivity index (χ1n) is 10.3. The molecule has 0 aliphatic carbocycles. The number of nitrogens with zero attached hydrogens (tertiary/aromatic N) is 2. The number of piperidine rings is 1. The minimum Gasteiger partial charge on any atom is -0.326 e. The Morgan fingerprint density at radius 2 is 1.88 bits per heavy atom. The van der Waals surface area contributed by atoms with E-state index in [9.17, 15) is 21.6 Å². The minimum atomic E-state index is -3.78. The molecule has 1 amide bonds. The van der Waals surface area contributed by atoms with Crippen molar-refractivity contribution in [2.75, 3.05) is 25.0 Å². The Hall–Kier alpha value is -2.28. The Bertz CT molecular complexity index is 1220. The number of benzene rings is 1. The molecule has 172 valence electrons. The standard InChI is InChI=1S/C20H24N4O5S3/c25-20(15-8-11-24(12-9-15)32(28,29)19-7-3-13-30-19)22-16-4-1-5-17(14-16)31(26,27)23-18-6-2-10-21-18/h1,3-5,7,13-15H,2,6,8-12H2,(H,21,23)(H,22,25). The Morgan fingerprint density at radius 1 is 1.09 bits per heavy atom. The zero-order valence-electron chi connectivity index (χ0n) is 17.2. The number of hydrogen-bond donors (Lipinski definition) is 2. The number of hydrogen-bond acceptors (Lipinski definition) is 7. The lowest BCUT2D eigenvalue weighted by Crippen LogP contribution is -2.41. The first kappa shape index (κ1) is 22.9. The predicted molar refractivity (Wildman–Crippen MR) is 123 cm³/mol. The van der Waals surface area contributed by atoms with Gasteiger partial charge in [0, 0.05) is 37.7 Å². The Morgan fingerprint density at radius 3 is 2.53 bits per heavy atom. The van der Waals surface area contributed by atoms with Crippen LogP contribution in [0, 0.1) is 5.92 Å². The van der Waals surface area contributed by atoms with Crippen molar-refractivity contribution in [3.05, 3.63) is 41.8 Å². The number of thiophene rings is 1. The van der Waals surface area contributed by atoms with Crippen molar-refractivity contribution in [3.63, 3.8) is 0 Å². The zero-order valence-corrected chi connectivity index (χ0v) is 19.7. The maximum absolute atomic E-state index is 12.7. The lowest BCUT2D eigenvalue weighted by atomic mass is 9.97. The molecule has 9 nitrogen and oxygen atoms in total. The van der Waals surface area contributed by atoms with Gasteiger partial charge >= 0.3 is 0 Å². The molecule has 0 saturated carbocycles. The summed E-state index contributed by atoms with van der Waals surface area (Å²) in [6.45, 7) is 1.14. The highest BCUT2D eigenvalue weighted by molar-refractivity contribution is 7.91. The number of amidine groups is 1. The summed E-state index contributed by atoms with van der Waals surface area (Å²) in [6.07, 6.45) is 2.21. The molecule has 2 N–H and O–H groups in total. The molecule has 32 heavy (non-hydrogen) atoms. The molecule has 1 fully saturated rings. The number of sulfonamides is 2. The molecular formula is C20H24N4O5S3. The average Bonchev–Trinajstić information content (AvgIpc) is 3.48. The van der Waals surface area contributed by atoms with Crippen LogP contribution in [0.5, 0.6) is 0 Å². The molecule has 1 saturated heterocycles.